The number of hydrogen-bond donors (Lipinski definition) is 2. The fraction of sp³-hybridized carbons (Fsp3) is 0.583. The summed E-state index contributed by atoms with van der Waals surface area (Å²) in [5.41, 5.74) is 5.12. The molecule has 1 aliphatic rings. The van der Waals surface area contributed by atoms with Crippen LogP contribution in [0, 0.1) is 5.41 Å². The summed E-state index contributed by atoms with van der Waals surface area (Å²) in [5, 5.41) is 5.88. The summed E-state index contributed by atoms with van der Waals surface area (Å²) in [5.74, 6) is -0.0386. The van der Waals surface area contributed by atoms with Gasteiger partial charge in [0.15, 0.2) is 0 Å². The van der Waals surface area contributed by atoms with Crippen LogP contribution in [0.1, 0.15) is 43.7 Å². The molecule has 18 heavy (non-hydrogen) atoms. The molecule has 1 aromatic rings. The van der Waals surface area contributed by atoms with E-state index in [4.69, 9.17) is 18.0 Å². The average Bonchev–Trinajstić information content (AvgIpc) is 2.76. The van der Waals surface area contributed by atoms with Crippen molar-refractivity contribution in [3.63, 3.8) is 0 Å². The molecule has 1 atom stereocenters. The molecule has 4 nitrogen and oxygen atoms in total. The van der Waals surface area contributed by atoms with Crippen molar-refractivity contribution < 1.29 is 4.79 Å². The molecule has 0 aromatic carbocycles. The zero-order valence-electron chi connectivity index (χ0n) is 10.3. The smallest absolute Gasteiger partial charge is 0.233 e. The van der Waals surface area contributed by atoms with Gasteiger partial charge >= 0.3 is 0 Å². The molecule has 0 radical (unpaired) electrons. The van der Waals surface area contributed by atoms with Crippen LogP contribution in [-0.4, -0.2) is 15.9 Å². The maximum absolute atomic E-state index is 12.4. The van der Waals surface area contributed by atoms with Gasteiger partial charge in [0, 0.05) is 11.6 Å². The lowest BCUT2D eigenvalue weighted by Crippen LogP contribution is -2.53. The van der Waals surface area contributed by atoms with Gasteiger partial charge in [-0.1, -0.05) is 25.6 Å². The van der Waals surface area contributed by atoms with Crippen LogP contribution in [0.15, 0.2) is 11.6 Å². The number of amides is 1. The topological polar surface area (TPSA) is 68.0 Å². The highest BCUT2D eigenvalue weighted by atomic mass is 32.1. The van der Waals surface area contributed by atoms with Crippen LogP contribution in [0.3, 0.4) is 0 Å². The molecule has 1 heterocycles. The van der Waals surface area contributed by atoms with Gasteiger partial charge in [0.1, 0.15) is 5.01 Å². The molecule has 98 valence electrons. The van der Waals surface area contributed by atoms with Gasteiger partial charge in [0.05, 0.1) is 16.4 Å². The van der Waals surface area contributed by atoms with E-state index < -0.39 is 5.41 Å². The zero-order chi connectivity index (χ0) is 13.2. The van der Waals surface area contributed by atoms with Crippen molar-refractivity contribution in [2.24, 2.45) is 11.1 Å². The number of rotatable bonds is 5. The number of nitrogens with two attached hydrogens (primary N) is 1. The van der Waals surface area contributed by atoms with Crippen molar-refractivity contribution in [3.05, 3.63) is 16.6 Å². The number of carbonyl (C=O) groups is 1. The van der Waals surface area contributed by atoms with Gasteiger partial charge in [-0.25, -0.2) is 4.98 Å². The Morgan fingerprint density at radius 1 is 1.72 bits per heavy atom. The SMILES string of the molecule is CCC(NC(=O)C1(C(N)=S)CCC1)c1nccs1. The fourth-order valence-electron chi connectivity index (χ4n) is 2.16. The van der Waals surface area contributed by atoms with Crippen molar-refractivity contribution in [2.45, 2.75) is 38.6 Å². The van der Waals surface area contributed by atoms with Gasteiger partial charge in [-0.3, -0.25) is 4.79 Å². The number of hydrogen-bond acceptors (Lipinski definition) is 4. The minimum absolute atomic E-state index is 0.0377. The van der Waals surface area contributed by atoms with Crippen LogP contribution in [0.2, 0.25) is 0 Å². The Hall–Kier alpha value is -1.01. The Bertz CT molecular complexity index is 440. The Morgan fingerprint density at radius 2 is 2.44 bits per heavy atom. The molecule has 6 heteroatoms. The quantitative estimate of drug-likeness (QED) is 0.813. The summed E-state index contributed by atoms with van der Waals surface area (Å²) >= 11 is 6.60. The first-order valence-corrected chi connectivity index (χ1v) is 7.39. The average molecular weight is 283 g/mol. The standard InChI is InChI=1S/C12H17N3OS2/c1-2-8(9-14-6-7-18-9)15-11(16)12(10(13)17)4-3-5-12/h6-8H,2-5H2,1H3,(H2,13,17)(H,15,16). The van der Waals surface area contributed by atoms with E-state index in [0.29, 0.717) is 4.99 Å². The number of thiazole rings is 1. The third kappa shape index (κ3) is 2.27. The summed E-state index contributed by atoms with van der Waals surface area (Å²) in [7, 11) is 0. The molecule has 1 unspecified atom stereocenters. The van der Waals surface area contributed by atoms with E-state index in [1.807, 2.05) is 12.3 Å². The van der Waals surface area contributed by atoms with Crippen LogP contribution in [0.5, 0.6) is 0 Å². The molecular formula is C12H17N3OS2. The van der Waals surface area contributed by atoms with Gasteiger partial charge < -0.3 is 11.1 Å². The largest absolute Gasteiger partial charge is 0.392 e. The van der Waals surface area contributed by atoms with Crippen LogP contribution >= 0.6 is 23.6 Å². The van der Waals surface area contributed by atoms with E-state index in [-0.39, 0.29) is 11.9 Å². The van der Waals surface area contributed by atoms with Gasteiger partial charge in [-0.05, 0) is 19.3 Å². The van der Waals surface area contributed by atoms with Crippen molar-refractivity contribution >= 4 is 34.5 Å². The van der Waals surface area contributed by atoms with Gasteiger partial charge in [-0.2, -0.15) is 0 Å². The maximum Gasteiger partial charge on any atom is 0.233 e. The van der Waals surface area contributed by atoms with Gasteiger partial charge in [0.2, 0.25) is 5.91 Å². The number of nitrogens with one attached hydrogen (secondary N) is 1. The first kappa shape index (κ1) is 13.4. The Labute approximate surface area is 116 Å². The molecule has 0 spiro atoms. The molecule has 2 rings (SSSR count). The monoisotopic (exact) mass is 283 g/mol. The Kier molecular flexibility index (Phi) is 3.97. The van der Waals surface area contributed by atoms with E-state index >= 15 is 0 Å². The third-order valence-corrected chi connectivity index (χ3v) is 4.86. The van der Waals surface area contributed by atoms with Crippen molar-refractivity contribution in [1.82, 2.24) is 10.3 Å². The lowest BCUT2D eigenvalue weighted by Gasteiger charge is -2.39. The summed E-state index contributed by atoms with van der Waals surface area (Å²) in [6, 6.07) is -0.0377. The molecule has 1 fully saturated rings. The van der Waals surface area contributed by atoms with Crippen molar-refractivity contribution in [2.75, 3.05) is 0 Å². The lowest BCUT2D eigenvalue weighted by molar-refractivity contribution is -0.131. The first-order chi connectivity index (χ1) is 8.60. The van der Waals surface area contributed by atoms with E-state index in [2.05, 4.69) is 10.3 Å². The summed E-state index contributed by atoms with van der Waals surface area (Å²) < 4.78 is 0. The Morgan fingerprint density at radius 3 is 2.83 bits per heavy atom. The molecule has 1 amide bonds. The van der Waals surface area contributed by atoms with Crippen molar-refractivity contribution in [1.29, 1.82) is 0 Å². The van der Waals surface area contributed by atoms with Crippen LogP contribution in [0.25, 0.3) is 0 Å². The van der Waals surface area contributed by atoms with E-state index in [0.717, 1.165) is 30.7 Å². The first-order valence-electron chi connectivity index (χ1n) is 6.10. The third-order valence-electron chi connectivity index (χ3n) is 3.58. The van der Waals surface area contributed by atoms with Crippen LogP contribution < -0.4 is 11.1 Å². The molecule has 1 aliphatic carbocycles. The summed E-state index contributed by atoms with van der Waals surface area (Å²) in [6.07, 6.45) is 5.11. The highest BCUT2D eigenvalue weighted by Gasteiger charge is 2.47. The predicted octanol–water partition coefficient (Wildman–Crippen LogP) is 2.17. The molecule has 3 N–H and O–H groups in total. The number of aromatic nitrogens is 1. The van der Waals surface area contributed by atoms with E-state index in [1.165, 1.54) is 0 Å². The van der Waals surface area contributed by atoms with Crippen LogP contribution in [-0.2, 0) is 4.79 Å². The zero-order valence-corrected chi connectivity index (χ0v) is 11.9. The Balaban J connectivity index is 2.08. The highest BCUT2D eigenvalue weighted by molar-refractivity contribution is 7.80. The minimum Gasteiger partial charge on any atom is -0.392 e. The molecule has 0 aliphatic heterocycles. The highest BCUT2D eigenvalue weighted by Crippen LogP contribution is 2.42. The molecular weight excluding hydrogens is 266 g/mol. The predicted molar refractivity (Wildman–Crippen MR) is 76.4 cm³/mol. The fourth-order valence-corrected chi connectivity index (χ4v) is 3.23. The number of thiocarbonyl (C=S) groups is 1. The molecule has 0 saturated heterocycles. The van der Waals surface area contributed by atoms with Gasteiger partial charge in [0.25, 0.3) is 0 Å². The number of carbonyl (C=O) groups excluding carboxylic acids is 1. The minimum atomic E-state index is -0.611. The second-order valence-electron chi connectivity index (χ2n) is 4.60. The lowest BCUT2D eigenvalue weighted by atomic mass is 9.68. The van der Waals surface area contributed by atoms with E-state index in [9.17, 15) is 4.79 Å². The maximum atomic E-state index is 12.4. The van der Waals surface area contributed by atoms with Crippen molar-refractivity contribution in [3.8, 4) is 0 Å². The molecule has 1 aromatic heterocycles. The van der Waals surface area contributed by atoms with E-state index in [1.54, 1.807) is 17.5 Å². The van der Waals surface area contributed by atoms with Gasteiger partial charge in [-0.15, -0.1) is 11.3 Å². The van der Waals surface area contributed by atoms with Crippen LogP contribution in [0.4, 0.5) is 0 Å². The summed E-state index contributed by atoms with van der Waals surface area (Å²) in [4.78, 5) is 16.9. The summed E-state index contributed by atoms with van der Waals surface area (Å²) in [6.45, 7) is 2.03. The second kappa shape index (κ2) is 5.32. The normalized spacial score (nSPS) is 18.7. The molecule has 1 saturated carbocycles. The number of nitrogens with zero attached hydrogens (tertiary/aromatic N) is 1. The second-order valence-corrected chi connectivity index (χ2v) is 5.97. The molecule has 0 bridgehead atoms.